The van der Waals surface area contributed by atoms with Crippen molar-refractivity contribution in [3.63, 3.8) is 0 Å². The lowest BCUT2D eigenvalue weighted by Gasteiger charge is -2.13. The van der Waals surface area contributed by atoms with E-state index in [9.17, 15) is 10.1 Å². The highest BCUT2D eigenvalue weighted by molar-refractivity contribution is 5.84. The van der Waals surface area contributed by atoms with E-state index in [4.69, 9.17) is 0 Å². The van der Waals surface area contributed by atoms with Crippen molar-refractivity contribution in [2.24, 2.45) is 4.99 Å². The summed E-state index contributed by atoms with van der Waals surface area (Å²) in [5.74, 6) is 0. The number of rotatable bonds is 5. The lowest BCUT2D eigenvalue weighted by molar-refractivity contribution is -0.384. The van der Waals surface area contributed by atoms with E-state index < -0.39 is 4.92 Å². The molecule has 1 aromatic heterocycles. The number of non-ortho nitro benzene ring substituents is 1. The number of para-hydroxylation sites is 1. The van der Waals surface area contributed by atoms with Crippen LogP contribution in [-0.2, 0) is 6.42 Å². The molecule has 0 amide bonds. The van der Waals surface area contributed by atoms with Gasteiger partial charge in [-0.2, -0.15) is 0 Å². The molecule has 3 rings (SSSR count). The fourth-order valence-corrected chi connectivity index (χ4v) is 3.15. The van der Waals surface area contributed by atoms with E-state index in [-0.39, 0.29) is 5.69 Å². The van der Waals surface area contributed by atoms with Crippen LogP contribution in [0.4, 0.5) is 11.4 Å². The van der Waals surface area contributed by atoms with Crippen LogP contribution in [0, 0.1) is 24.0 Å². The average Bonchev–Trinajstić information content (AvgIpc) is 2.93. The Morgan fingerprint density at radius 2 is 1.88 bits per heavy atom. The predicted octanol–water partition coefficient (Wildman–Crippen LogP) is 5.32. The summed E-state index contributed by atoms with van der Waals surface area (Å²) < 4.78 is 2.23. The van der Waals surface area contributed by atoms with Gasteiger partial charge >= 0.3 is 0 Å². The Kier molecular flexibility index (Phi) is 4.98. The van der Waals surface area contributed by atoms with E-state index in [0.29, 0.717) is 5.69 Å². The van der Waals surface area contributed by atoms with Crippen LogP contribution in [-0.4, -0.2) is 15.7 Å². The maximum atomic E-state index is 10.9. The maximum absolute atomic E-state index is 10.9. The van der Waals surface area contributed by atoms with Crippen LogP contribution in [0.15, 0.2) is 59.6 Å². The quantitative estimate of drug-likeness (QED) is 0.356. The number of hydrogen-bond donors (Lipinski definition) is 0. The van der Waals surface area contributed by atoms with Gasteiger partial charge in [0.25, 0.3) is 5.69 Å². The Labute approximate surface area is 152 Å². The fraction of sp³-hybridized carbons (Fsp3) is 0.190. The third-order valence-corrected chi connectivity index (χ3v) is 4.48. The summed E-state index contributed by atoms with van der Waals surface area (Å²) in [4.78, 5) is 14.9. The van der Waals surface area contributed by atoms with Crippen LogP contribution in [0.1, 0.15) is 29.4 Å². The highest BCUT2D eigenvalue weighted by Crippen LogP contribution is 2.24. The minimum atomic E-state index is -0.410. The second kappa shape index (κ2) is 7.35. The van der Waals surface area contributed by atoms with Gasteiger partial charge in [-0.05, 0) is 44.0 Å². The molecule has 132 valence electrons. The standard InChI is InChI=1S/C21H21N3O2/c1-4-17-8-5-6-11-21(17)23-15(2)12-18(16(23)3)14-22-19-9-7-10-20(13-19)24(25)26/h5-14H,4H2,1-3H3. The summed E-state index contributed by atoms with van der Waals surface area (Å²) in [5, 5.41) is 10.9. The molecule has 0 saturated heterocycles. The van der Waals surface area contributed by atoms with Crippen molar-refractivity contribution >= 4 is 17.6 Å². The number of nitro groups is 1. The van der Waals surface area contributed by atoms with Gasteiger partial charge in [-0.15, -0.1) is 0 Å². The molecule has 3 aromatic rings. The van der Waals surface area contributed by atoms with Crippen LogP contribution < -0.4 is 0 Å². The first-order valence-corrected chi connectivity index (χ1v) is 8.57. The lowest BCUT2D eigenvalue weighted by Crippen LogP contribution is -2.03. The zero-order valence-corrected chi connectivity index (χ0v) is 15.1. The van der Waals surface area contributed by atoms with Gasteiger partial charge < -0.3 is 4.57 Å². The molecule has 2 aromatic carbocycles. The van der Waals surface area contributed by atoms with E-state index >= 15 is 0 Å². The van der Waals surface area contributed by atoms with Crippen molar-refractivity contribution in [1.82, 2.24) is 4.57 Å². The number of aromatic nitrogens is 1. The molecule has 5 heteroatoms. The summed E-state index contributed by atoms with van der Waals surface area (Å²) in [5.41, 5.74) is 6.30. The van der Waals surface area contributed by atoms with Crippen molar-refractivity contribution in [2.45, 2.75) is 27.2 Å². The summed E-state index contributed by atoms with van der Waals surface area (Å²) >= 11 is 0. The molecule has 26 heavy (non-hydrogen) atoms. The third-order valence-electron chi connectivity index (χ3n) is 4.48. The normalized spacial score (nSPS) is 11.2. The van der Waals surface area contributed by atoms with Crippen LogP contribution in [0.25, 0.3) is 5.69 Å². The number of aryl methyl sites for hydroxylation is 2. The number of aliphatic imine (C=N–C) groups is 1. The molecule has 0 N–H and O–H groups in total. The minimum absolute atomic E-state index is 0.0435. The SMILES string of the molecule is CCc1ccccc1-n1c(C)cc(C=Nc2cccc([N+](=O)[O-])c2)c1C. The van der Waals surface area contributed by atoms with E-state index in [1.54, 1.807) is 18.3 Å². The van der Waals surface area contributed by atoms with Crippen LogP contribution >= 0.6 is 0 Å². The van der Waals surface area contributed by atoms with Crippen molar-refractivity contribution < 1.29 is 4.92 Å². The summed E-state index contributed by atoms with van der Waals surface area (Å²) in [6.07, 6.45) is 2.73. The second-order valence-electron chi connectivity index (χ2n) is 6.18. The molecular weight excluding hydrogens is 326 g/mol. The van der Waals surface area contributed by atoms with Crippen molar-refractivity contribution in [3.8, 4) is 5.69 Å². The van der Waals surface area contributed by atoms with Crippen molar-refractivity contribution in [1.29, 1.82) is 0 Å². The molecule has 0 aliphatic heterocycles. The fourth-order valence-electron chi connectivity index (χ4n) is 3.15. The lowest BCUT2D eigenvalue weighted by atomic mass is 10.1. The van der Waals surface area contributed by atoms with Gasteiger partial charge in [0.15, 0.2) is 0 Å². The smallest absolute Gasteiger partial charge is 0.271 e. The van der Waals surface area contributed by atoms with E-state index in [1.807, 2.05) is 6.07 Å². The molecule has 0 atom stereocenters. The summed E-state index contributed by atoms with van der Waals surface area (Å²) in [6, 6.07) is 16.8. The average molecular weight is 347 g/mol. The van der Waals surface area contributed by atoms with Gasteiger partial charge in [0.2, 0.25) is 0 Å². The molecule has 0 aliphatic carbocycles. The minimum Gasteiger partial charge on any atom is -0.318 e. The Hall–Kier alpha value is -3.21. The molecule has 5 nitrogen and oxygen atoms in total. The van der Waals surface area contributed by atoms with Crippen molar-refractivity contribution in [2.75, 3.05) is 0 Å². The van der Waals surface area contributed by atoms with Gasteiger partial charge in [0, 0.05) is 41.0 Å². The maximum Gasteiger partial charge on any atom is 0.271 e. The Morgan fingerprint density at radius 1 is 1.12 bits per heavy atom. The van der Waals surface area contributed by atoms with E-state index in [2.05, 4.69) is 54.6 Å². The monoisotopic (exact) mass is 347 g/mol. The molecular formula is C21H21N3O2. The summed E-state index contributed by atoms with van der Waals surface area (Å²) in [7, 11) is 0. The topological polar surface area (TPSA) is 60.4 Å². The third kappa shape index (κ3) is 3.42. The molecule has 0 saturated carbocycles. The Balaban J connectivity index is 1.98. The molecule has 1 heterocycles. The molecule has 0 unspecified atom stereocenters. The molecule has 0 radical (unpaired) electrons. The zero-order chi connectivity index (χ0) is 18.7. The zero-order valence-electron chi connectivity index (χ0n) is 15.1. The number of benzene rings is 2. The van der Waals surface area contributed by atoms with Gasteiger partial charge in [0.1, 0.15) is 0 Å². The van der Waals surface area contributed by atoms with Crippen molar-refractivity contribution in [3.05, 3.63) is 87.2 Å². The van der Waals surface area contributed by atoms with Gasteiger partial charge in [0.05, 0.1) is 10.6 Å². The van der Waals surface area contributed by atoms with Gasteiger partial charge in [-0.1, -0.05) is 31.2 Å². The summed E-state index contributed by atoms with van der Waals surface area (Å²) in [6.45, 7) is 6.29. The highest BCUT2D eigenvalue weighted by atomic mass is 16.6. The predicted molar refractivity (Wildman–Crippen MR) is 105 cm³/mol. The number of nitrogens with zero attached hydrogens (tertiary/aromatic N) is 3. The number of hydrogen-bond acceptors (Lipinski definition) is 3. The van der Waals surface area contributed by atoms with Gasteiger partial charge in [-0.25, -0.2) is 0 Å². The number of nitro benzene ring substituents is 1. The van der Waals surface area contributed by atoms with E-state index in [1.165, 1.54) is 23.4 Å². The molecule has 0 aliphatic rings. The first kappa shape index (κ1) is 17.6. The van der Waals surface area contributed by atoms with Crippen LogP contribution in [0.5, 0.6) is 0 Å². The van der Waals surface area contributed by atoms with E-state index in [0.717, 1.165) is 23.4 Å². The first-order valence-electron chi connectivity index (χ1n) is 8.57. The molecule has 0 spiro atoms. The molecule has 0 fully saturated rings. The Morgan fingerprint density at radius 3 is 2.62 bits per heavy atom. The highest BCUT2D eigenvalue weighted by Gasteiger charge is 2.12. The Bertz CT molecular complexity index is 987. The van der Waals surface area contributed by atoms with Crippen LogP contribution in [0.3, 0.4) is 0 Å². The molecule has 0 bridgehead atoms. The largest absolute Gasteiger partial charge is 0.318 e. The van der Waals surface area contributed by atoms with Gasteiger partial charge in [-0.3, -0.25) is 15.1 Å². The van der Waals surface area contributed by atoms with Crippen LogP contribution in [0.2, 0.25) is 0 Å². The first-order chi connectivity index (χ1) is 12.5. The second-order valence-corrected chi connectivity index (χ2v) is 6.18.